The normalized spacial score (nSPS) is 12.2. The van der Waals surface area contributed by atoms with E-state index in [0.717, 1.165) is 22.7 Å². The summed E-state index contributed by atoms with van der Waals surface area (Å²) in [6.45, 7) is 6.13. The van der Waals surface area contributed by atoms with Crippen LogP contribution in [0.1, 0.15) is 18.2 Å². The van der Waals surface area contributed by atoms with Crippen molar-refractivity contribution in [3.8, 4) is 23.1 Å². The molecule has 0 aliphatic carbocycles. The van der Waals surface area contributed by atoms with Crippen LogP contribution in [0.3, 0.4) is 0 Å². The monoisotopic (exact) mass is 425 g/mol. The van der Waals surface area contributed by atoms with Crippen LogP contribution in [0.25, 0.3) is 5.69 Å². The number of aliphatic hydroxyl groups is 1. The lowest BCUT2D eigenvalue weighted by atomic mass is 10.2. The molecule has 0 saturated carbocycles. The standard InChI is InChI=1S/C24H31N3O4/c1-18(28)16-26(13-14-29-3)17-23-19(2)25-27(20-9-6-5-7-10-20)24(23)31-22-12-8-11-21(15-22)30-4/h5-12,15,18,28H,13-14,16-17H2,1-4H3/t18-/m0/s1. The van der Waals surface area contributed by atoms with Gasteiger partial charge in [0.15, 0.2) is 0 Å². The van der Waals surface area contributed by atoms with Gasteiger partial charge in [-0.3, -0.25) is 4.90 Å². The lowest BCUT2D eigenvalue weighted by molar-refractivity contribution is 0.0934. The first-order valence-electron chi connectivity index (χ1n) is 10.4. The minimum Gasteiger partial charge on any atom is -0.497 e. The van der Waals surface area contributed by atoms with Crippen LogP contribution in [0, 0.1) is 6.92 Å². The maximum absolute atomic E-state index is 9.97. The van der Waals surface area contributed by atoms with Crippen LogP contribution in [0.2, 0.25) is 0 Å². The molecule has 3 rings (SSSR count). The number of aryl methyl sites for hydroxylation is 1. The molecule has 1 aromatic heterocycles. The van der Waals surface area contributed by atoms with Gasteiger partial charge in [-0.15, -0.1) is 0 Å². The van der Waals surface area contributed by atoms with Gasteiger partial charge in [0.25, 0.3) is 0 Å². The van der Waals surface area contributed by atoms with Gasteiger partial charge in [-0.05, 0) is 38.1 Å². The number of hydrogen-bond donors (Lipinski definition) is 1. The summed E-state index contributed by atoms with van der Waals surface area (Å²) >= 11 is 0. The molecular weight excluding hydrogens is 394 g/mol. The molecule has 0 spiro atoms. The highest BCUT2D eigenvalue weighted by Crippen LogP contribution is 2.32. The summed E-state index contributed by atoms with van der Waals surface area (Å²) in [5, 5.41) is 14.7. The second-order valence-electron chi connectivity index (χ2n) is 7.47. The third-order valence-corrected chi connectivity index (χ3v) is 4.91. The van der Waals surface area contributed by atoms with Crippen molar-refractivity contribution in [3.63, 3.8) is 0 Å². The summed E-state index contributed by atoms with van der Waals surface area (Å²) in [7, 11) is 3.31. The highest BCUT2D eigenvalue weighted by atomic mass is 16.5. The predicted molar refractivity (Wildman–Crippen MR) is 120 cm³/mol. The number of benzene rings is 2. The van der Waals surface area contributed by atoms with Gasteiger partial charge in [-0.2, -0.15) is 5.10 Å². The first kappa shape index (κ1) is 22.8. The Labute approximate surface area is 183 Å². The van der Waals surface area contributed by atoms with Gasteiger partial charge in [0.1, 0.15) is 11.5 Å². The minimum absolute atomic E-state index is 0.455. The average Bonchev–Trinajstić information content (AvgIpc) is 3.07. The summed E-state index contributed by atoms with van der Waals surface area (Å²) in [5.41, 5.74) is 2.74. The average molecular weight is 426 g/mol. The molecule has 0 fully saturated rings. The van der Waals surface area contributed by atoms with Crippen molar-refractivity contribution in [3.05, 3.63) is 65.9 Å². The highest BCUT2D eigenvalue weighted by Gasteiger charge is 2.22. The Hall–Kier alpha value is -2.87. The maximum Gasteiger partial charge on any atom is 0.227 e. The molecule has 7 heteroatoms. The van der Waals surface area contributed by atoms with Gasteiger partial charge in [0.05, 0.1) is 36.8 Å². The molecule has 0 unspecified atom stereocenters. The quantitative estimate of drug-likeness (QED) is 0.504. The minimum atomic E-state index is -0.455. The summed E-state index contributed by atoms with van der Waals surface area (Å²) in [6.07, 6.45) is -0.455. The van der Waals surface area contributed by atoms with E-state index in [-0.39, 0.29) is 0 Å². The Morgan fingerprint density at radius 1 is 1.06 bits per heavy atom. The van der Waals surface area contributed by atoms with Crippen LogP contribution >= 0.6 is 0 Å². The number of ether oxygens (including phenoxy) is 3. The molecule has 0 amide bonds. The van der Waals surface area contributed by atoms with Crippen LogP contribution in [-0.2, 0) is 11.3 Å². The van der Waals surface area contributed by atoms with Crippen molar-refractivity contribution in [2.45, 2.75) is 26.5 Å². The molecule has 0 saturated heterocycles. The van der Waals surface area contributed by atoms with Crippen molar-refractivity contribution in [2.24, 2.45) is 0 Å². The Morgan fingerprint density at radius 2 is 1.81 bits per heavy atom. The van der Waals surface area contributed by atoms with E-state index in [1.165, 1.54) is 0 Å². The van der Waals surface area contributed by atoms with E-state index in [4.69, 9.17) is 19.3 Å². The number of aliphatic hydroxyl groups excluding tert-OH is 1. The third-order valence-electron chi connectivity index (χ3n) is 4.91. The van der Waals surface area contributed by atoms with E-state index in [1.54, 1.807) is 21.1 Å². The molecule has 2 aromatic carbocycles. The summed E-state index contributed by atoms with van der Waals surface area (Å²) in [5.74, 6) is 2.03. The van der Waals surface area contributed by atoms with Crippen LogP contribution in [-0.4, -0.2) is 59.8 Å². The van der Waals surface area contributed by atoms with Crippen molar-refractivity contribution >= 4 is 0 Å². The van der Waals surface area contributed by atoms with Gasteiger partial charge in [-0.25, -0.2) is 4.68 Å². The zero-order valence-corrected chi connectivity index (χ0v) is 18.6. The van der Waals surface area contributed by atoms with E-state index in [1.807, 2.05) is 66.2 Å². The van der Waals surface area contributed by atoms with Gasteiger partial charge >= 0.3 is 0 Å². The number of aromatic nitrogens is 2. The molecule has 31 heavy (non-hydrogen) atoms. The molecule has 0 bridgehead atoms. The fourth-order valence-electron chi connectivity index (χ4n) is 3.40. The van der Waals surface area contributed by atoms with E-state index >= 15 is 0 Å². The second kappa shape index (κ2) is 10.9. The zero-order chi connectivity index (χ0) is 22.2. The van der Waals surface area contributed by atoms with E-state index in [9.17, 15) is 5.11 Å². The molecule has 0 aliphatic heterocycles. The largest absolute Gasteiger partial charge is 0.497 e. The molecule has 3 aromatic rings. The number of hydrogen-bond acceptors (Lipinski definition) is 6. The van der Waals surface area contributed by atoms with Gasteiger partial charge < -0.3 is 19.3 Å². The molecule has 1 heterocycles. The number of methoxy groups -OCH3 is 2. The lowest BCUT2D eigenvalue weighted by Gasteiger charge is -2.23. The molecule has 7 nitrogen and oxygen atoms in total. The molecule has 1 atom stereocenters. The van der Waals surface area contributed by atoms with E-state index in [2.05, 4.69) is 4.90 Å². The van der Waals surface area contributed by atoms with Crippen LogP contribution < -0.4 is 9.47 Å². The highest BCUT2D eigenvalue weighted by molar-refractivity contribution is 5.44. The Balaban J connectivity index is 2.01. The Bertz CT molecular complexity index is 957. The molecule has 166 valence electrons. The topological polar surface area (TPSA) is 69.0 Å². The van der Waals surface area contributed by atoms with Crippen LogP contribution in [0.4, 0.5) is 0 Å². The number of para-hydroxylation sites is 1. The molecule has 1 N–H and O–H groups in total. The fourth-order valence-corrected chi connectivity index (χ4v) is 3.40. The van der Waals surface area contributed by atoms with E-state index < -0.39 is 6.10 Å². The first-order chi connectivity index (χ1) is 15.0. The van der Waals surface area contributed by atoms with Crippen molar-refractivity contribution < 1.29 is 19.3 Å². The Kier molecular flexibility index (Phi) is 8.06. The predicted octanol–water partition coefficient (Wildman–Crippen LogP) is 3.81. The van der Waals surface area contributed by atoms with Crippen LogP contribution in [0.15, 0.2) is 54.6 Å². The summed E-state index contributed by atoms with van der Waals surface area (Å²) < 4.78 is 18.8. The SMILES string of the molecule is COCCN(Cc1c(C)nn(-c2ccccc2)c1Oc1cccc(OC)c1)C[C@H](C)O. The smallest absolute Gasteiger partial charge is 0.227 e. The van der Waals surface area contributed by atoms with Crippen LogP contribution in [0.5, 0.6) is 17.4 Å². The maximum atomic E-state index is 9.97. The summed E-state index contributed by atoms with van der Waals surface area (Å²) in [6, 6.07) is 17.4. The first-order valence-corrected chi connectivity index (χ1v) is 10.4. The lowest BCUT2D eigenvalue weighted by Crippen LogP contribution is -2.33. The third kappa shape index (κ3) is 6.07. The van der Waals surface area contributed by atoms with E-state index in [0.29, 0.717) is 37.9 Å². The second-order valence-corrected chi connectivity index (χ2v) is 7.47. The molecule has 0 radical (unpaired) electrons. The van der Waals surface area contributed by atoms with Gasteiger partial charge in [0, 0.05) is 32.8 Å². The van der Waals surface area contributed by atoms with Crippen molar-refractivity contribution in [1.82, 2.24) is 14.7 Å². The van der Waals surface area contributed by atoms with Crippen molar-refractivity contribution in [1.29, 1.82) is 0 Å². The Morgan fingerprint density at radius 3 is 2.48 bits per heavy atom. The number of nitrogens with zero attached hydrogens (tertiary/aromatic N) is 3. The summed E-state index contributed by atoms with van der Waals surface area (Å²) in [4.78, 5) is 2.14. The zero-order valence-electron chi connectivity index (χ0n) is 18.6. The molecule has 0 aliphatic rings. The number of rotatable bonds is 11. The van der Waals surface area contributed by atoms with Gasteiger partial charge in [-0.1, -0.05) is 24.3 Å². The van der Waals surface area contributed by atoms with Gasteiger partial charge in [0.2, 0.25) is 5.88 Å². The van der Waals surface area contributed by atoms with Crippen molar-refractivity contribution in [2.75, 3.05) is 33.9 Å². The fraction of sp³-hybridized carbons (Fsp3) is 0.375. The molecular formula is C24H31N3O4.